The van der Waals surface area contributed by atoms with Crippen LogP contribution in [0.1, 0.15) is 19.8 Å². The fraction of sp³-hybridized carbons (Fsp3) is 1.00. The van der Waals surface area contributed by atoms with E-state index in [1.54, 1.807) is 0 Å². The van der Waals surface area contributed by atoms with E-state index in [4.69, 9.17) is 14.6 Å². The van der Waals surface area contributed by atoms with Gasteiger partial charge in [0, 0.05) is 6.61 Å². The van der Waals surface area contributed by atoms with Gasteiger partial charge in [-0.2, -0.15) is 0 Å². The summed E-state index contributed by atoms with van der Waals surface area (Å²) in [6.45, 7) is 1.89. The van der Waals surface area contributed by atoms with Crippen LogP contribution < -0.4 is 0 Å². The molecule has 0 spiro atoms. The molecule has 1 rings (SSSR count). The van der Waals surface area contributed by atoms with E-state index in [2.05, 4.69) is 0 Å². The third-order valence-electron chi connectivity index (χ3n) is 2.60. The fourth-order valence-electron chi connectivity index (χ4n) is 1.58. The topological polar surface area (TPSA) is 99.4 Å². The van der Waals surface area contributed by atoms with Gasteiger partial charge < -0.3 is 29.9 Å². The van der Waals surface area contributed by atoms with Crippen LogP contribution in [0.4, 0.5) is 0 Å². The number of rotatable bonds is 6. The van der Waals surface area contributed by atoms with Crippen LogP contribution in [-0.4, -0.2) is 64.3 Å². The van der Waals surface area contributed by atoms with Gasteiger partial charge in [0.2, 0.25) is 0 Å². The van der Waals surface area contributed by atoms with Crippen LogP contribution in [0, 0.1) is 0 Å². The maximum atomic E-state index is 9.58. The van der Waals surface area contributed by atoms with E-state index in [-0.39, 0.29) is 0 Å². The smallest absolute Gasteiger partial charge is 0.186 e. The van der Waals surface area contributed by atoms with Crippen molar-refractivity contribution in [2.75, 3.05) is 13.2 Å². The van der Waals surface area contributed by atoms with Gasteiger partial charge in [-0.15, -0.1) is 0 Å². The molecule has 1 saturated heterocycles. The second-order valence-corrected chi connectivity index (χ2v) is 3.92. The van der Waals surface area contributed by atoms with Crippen molar-refractivity contribution in [2.45, 2.75) is 50.5 Å². The van der Waals surface area contributed by atoms with Gasteiger partial charge in [0.25, 0.3) is 0 Å². The molecule has 1 heterocycles. The summed E-state index contributed by atoms with van der Waals surface area (Å²) in [7, 11) is 0. The molecule has 1 aliphatic rings. The van der Waals surface area contributed by atoms with Gasteiger partial charge in [-0.25, -0.2) is 0 Å². The van der Waals surface area contributed by atoms with Crippen LogP contribution in [0.15, 0.2) is 0 Å². The highest BCUT2D eigenvalue weighted by atomic mass is 16.7. The molecule has 1 aliphatic heterocycles. The van der Waals surface area contributed by atoms with Crippen molar-refractivity contribution in [3.8, 4) is 0 Å². The van der Waals surface area contributed by atoms with Gasteiger partial charge >= 0.3 is 0 Å². The Labute approximate surface area is 94.4 Å². The second-order valence-electron chi connectivity index (χ2n) is 3.92. The van der Waals surface area contributed by atoms with Crippen molar-refractivity contribution in [2.24, 2.45) is 0 Å². The molecule has 0 radical (unpaired) electrons. The van der Waals surface area contributed by atoms with Gasteiger partial charge in [0.05, 0.1) is 6.61 Å². The van der Waals surface area contributed by atoms with Crippen molar-refractivity contribution in [3.63, 3.8) is 0 Å². The molecule has 6 nitrogen and oxygen atoms in total. The molecule has 0 aromatic heterocycles. The van der Waals surface area contributed by atoms with E-state index in [0.29, 0.717) is 6.61 Å². The zero-order valence-electron chi connectivity index (χ0n) is 9.32. The minimum absolute atomic E-state index is 0.423. The molecular formula is C10H20O6. The third-order valence-corrected chi connectivity index (χ3v) is 2.60. The van der Waals surface area contributed by atoms with Crippen molar-refractivity contribution >= 4 is 0 Å². The standard InChI is InChI=1S/C10H20O6/c1-2-3-4-15-10-8(14)7(13)9(16-10)6(12)5-11/h6-14H,2-5H2,1H3/t6-,7-,8-,9-,10-/m1/s1. The minimum atomic E-state index is -1.24. The summed E-state index contributed by atoms with van der Waals surface area (Å²) < 4.78 is 10.4. The fourth-order valence-corrected chi connectivity index (χ4v) is 1.58. The number of hydrogen-bond acceptors (Lipinski definition) is 6. The number of aliphatic hydroxyl groups excluding tert-OH is 4. The van der Waals surface area contributed by atoms with Gasteiger partial charge in [-0.3, -0.25) is 0 Å². The molecule has 0 bridgehead atoms. The van der Waals surface area contributed by atoms with E-state index >= 15 is 0 Å². The molecule has 0 unspecified atom stereocenters. The zero-order valence-corrected chi connectivity index (χ0v) is 9.32. The average molecular weight is 236 g/mol. The normalized spacial score (nSPS) is 36.6. The molecule has 0 amide bonds. The van der Waals surface area contributed by atoms with Crippen LogP contribution in [0.3, 0.4) is 0 Å². The number of ether oxygens (including phenoxy) is 2. The summed E-state index contributed by atoms with van der Waals surface area (Å²) in [5, 5.41) is 37.2. The van der Waals surface area contributed by atoms with Crippen LogP contribution in [0.2, 0.25) is 0 Å². The SMILES string of the molecule is CCCCO[C@@H]1O[C@H]([C@H](O)CO)[C@H](O)[C@H]1O. The monoisotopic (exact) mass is 236 g/mol. The Morgan fingerprint density at radius 1 is 1.31 bits per heavy atom. The highest BCUT2D eigenvalue weighted by Gasteiger charge is 2.46. The average Bonchev–Trinajstić information content (AvgIpc) is 2.57. The van der Waals surface area contributed by atoms with Gasteiger partial charge in [-0.05, 0) is 6.42 Å². The quantitative estimate of drug-likeness (QED) is 0.423. The molecule has 0 aliphatic carbocycles. The lowest BCUT2D eigenvalue weighted by Gasteiger charge is -2.18. The molecule has 4 N–H and O–H groups in total. The number of unbranched alkanes of at least 4 members (excludes halogenated alkanes) is 1. The Balaban J connectivity index is 2.44. The van der Waals surface area contributed by atoms with Gasteiger partial charge in [-0.1, -0.05) is 13.3 Å². The Bertz CT molecular complexity index is 200. The molecule has 16 heavy (non-hydrogen) atoms. The molecule has 0 aromatic rings. The van der Waals surface area contributed by atoms with Gasteiger partial charge in [0.1, 0.15) is 24.4 Å². The van der Waals surface area contributed by atoms with Crippen molar-refractivity contribution < 1.29 is 29.9 Å². The Morgan fingerprint density at radius 2 is 2.00 bits per heavy atom. The highest BCUT2D eigenvalue weighted by molar-refractivity contribution is 4.90. The first kappa shape index (κ1) is 13.8. The number of hydrogen-bond donors (Lipinski definition) is 4. The second kappa shape index (κ2) is 6.48. The predicted molar refractivity (Wildman–Crippen MR) is 54.6 cm³/mol. The first-order valence-electron chi connectivity index (χ1n) is 5.54. The lowest BCUT2D eigenvalue weighted by molar-refractivity contribution is -0.180. The van der Waals surface area contributed by atoms with E-state index in [9.17, 15) is 15.3 Å². The lowest BCUT2D eigenvalue weighted by Crippen LogP contribution is -2.40. The van der Waals surface area contributed by atoms with E-state index in [0.717, 1.165) is 12.8 Å². The first-order chi connectivity index (χ1) is 7.61. The Kier molecular flexibility index (Phi) is 5.60. The summed E-state index contributed by atoms with van der Waals surface area (Å²) in [5.41, 5.74) is 0. The lowest BCUT2D eigenvalue weighted by atomic mass is 10.1. The minimum Gasteiger partial charge on any atom is -0.394 e. The molecule has 96 valence electrons. The van der Waals surface area contributed by atoms with Crippen molar-refractivity contribution in [3.05, 3.63) is 0 Å². The highest BCUT2D eigenvalue weighted by Crippen LogP contribution is 2.24. The largest absolute Gasteiger partial charge is 0.394 e. The molecule has 1 fully saturated rings. The Hall–Kier alpha value is -0.240. The van der Waals surface area contributed by atoms with E-state index in [1.165, 1.54) is 0 Å². The third kappa shape index (κ3) is 3.13. The maximum absolute atomic E-state index is 9.58. The van der Waals surface area contributed by atoms with Crippen molar-refractivity contribution in [1.82, 2.24) is 0 Å². The summed E-state index contributed by atoms with van der Waals surface area (Å²) in [6.07, 6.45) is -3.81. The van der Waals surface area contributed by atoms with Gasteiger partial charge in [0.15, 0.2) is 6.29 Å². The maximum Gasteiger partial charge on any atom is 0.186 e. The first-order valence-corrected chi connectivity index (χ1v) is 5.54. The van der Waals surface area contributed by atoms with Crippen LogP contribution >= 0.6 is 0 Å². The van der Waals surface area contributed by atoms with Crippen LogP contribution in [-0.2, 0) is 9.47 Å². The molecule has 0 saturated carbocycles. The van der Waals surface area contributed by atoms with Crippen LogP contribution in [0.5, 0.6) is 0 Å². The predicted octanol–water partition coefficient (Wildman–Crippen LogP) is -1.40. The molecule has 5 atom stereocenters. The van der Waals surface area contributed by atoms with Crippen LogP contribution in [0.25, 0.3) is 0 Å². The van der Waals surface area contributed by atoms with E-state index in [1.807, 2.05) is 6.92 Å². The van der Waals surface area contributed by atoms with Crippen molar-refractivity contribution in [1.29, 1.82) is 0 Å². The summed E-state index contributed by atoms with van der Waals surface area (Å²) >= 11 is 0. The number of aliphatic hydroxyl groups is 4. The summed E-state index contributed by atoms with van der Waals surface area (Å²) in [5.74, 6) is 0. The molecule has 0 aromatic carbocycles. The summed E-state index contributed by atoms with van der Waals surface area (Å²) in [4.78, 5) is 0. The molecule has 6 heteroatoms. The zero-order chi connectivity index (χ0) is 12.1. The summed E-state index contributed by atoms with van der Waals surface area (Å²) in [6, 6.07) is 0. The Morgan fingerprint density at radius 3 is 2.56 bits per heavy atom. The molecular weight excluding hydrogens is 216 g/mol. The van der Waals surface area contributed by atoms with E-state index < -0.39 is 37.3 Å².